The van der Waals surface area contributed by atoms with E-state index in [1.165, 1.54) is 0 Å². The zero-order chi connectivity index (χ0) is 16.8. The van der Waals surface area contributed by atoms with Gasteiger partial charge in [-0.1, -0.05) is 41.9 Å². The summed E-state index contributed by atoms with van der Waals surface area (Å²) in [5.41, 5.74) is 5.96. The molecule has 5 rings (SSSR count). The van der Waals surface area contributed by atoms with Crippen molar-refractivity contribution in [3.8, 4) is 22.4 Å². The molecule has 4 heteroatoms. The number of para-hydroxylation sites is 1. The molecule has 0 aliphatic rings. The number of halogens is 1. The molecule has 0 saturated carbocycles. The molecule has 0 fully saturated rings. The molecule has 0 N–H and O–H groups in total. The van der Waals surface area contributed by atoms with Gasteiger partial charge in [0.1, 0.15) is 11.1 Å². The molecule has 0 bridgehead atoms. The SMILES string of the molecule is Clc1ccccc1-c1cc(-c2ccoc2)c2oc3ccccc3c2n1. The van der Waals surface area contributed by atoms with Crippen LogP contribution in [0.2, 0.25) is 5.02 Å². The molecule has 2 aromatic carbocycles. The lowest BCUT2D eigenvalue weighted by Gasteiger charge is -2.07. The van der Waals surface area contributed by atoms with Crippen LogP contribution in [0.25, 0.3) is 44.5 Å². The molecule has 3 nitrogen and oxygen atoms in total. The van der Waals surface area contributed by atoms with Gasteiger partial charge in [-0.05, 0) is 30.3 Å². The average Bonchev–Trinajstić information content (AvgIpc) is 3.29. The quantitative estimate of drug-likeness (QED) is 0.363. The van der Waals surface area contributed by atoms with Crippen LogP contribution in [-0.2, 0) is 0 Å². The lowest BCUT2D eigenvalue weighted by molar-refractivity contribution is 0.568. The van der Waals surface area contributed by atoms with Gasteiger partial charge in [0.2, 0.25) is 0 Å². The maximum Gasteiger partial charge on any atom is 0.161 e. The Morgan fingerprint density at radius 1 is 0.880 bits per heavy atom. The van der Waals surface area contributed by atoms with Gasteiger partial charge in [-0.15, -0.1) is 0 Å². The van der Waals surface area contributed by atoms with Crippen LogP contribution >= 0.6 is 11.6 Å². The second-order valence-electron chi connectivity index (χ2n) is 5.82. The van der Waals surface area contributed by atoms with Crippen molar-refractivity contribution in [1.29, 1.82) is 0 Å². The van der Waals surface area contributed by atoms with E-state index >= 15 is 0 Å². The number of benzene rings is 2. The van der Waals surface area contributed by atoms with E-state index in [0.29, 0.717) is 5.02 Å². The Labute approximate surface area is 148 Å². The van der Waals surface area contributed by atoms with Crippen molar-refractivity contribution in [3.63, 3.8) is 0 Å². The van der Waals surface area contributed by atoms with E-state index < -0.39 is 0 Å². The first-order chi connectivity index (χ1) is 12.3. The highest BCUT2D eigenvalue weighted by atomic mass is 35.5. The normalized spacial score (nSPS) is 11.4. The standard InChI is InChI=1S/C21H12ClNO2/c22-17-7-3-1-5-14(17)18-11-16(13-9-10-24-12-13)21-20(23-18)15-6-2-4-8-19(15)25-21/h1-12H. The maximum absolute atomic E-state index is 6.40. The molecule has 25 heavy (non-hydrogen) atoms. The molecule has 120 valence electrons. The van der Waals surface area contributed by atoms with Gasteiger partial charge in [-0.25, -0.2) is 4.98 Å². The van der Waals surface area contributed by atoms with Gasteiger partial charge in [0, 0.05) is 27.1 Å². The summed E-state index contributed by atoms with van der Waals surface area (Å²) in [4.78, 5) is 4.86. The summed E-state index contributed by atoms with van der Waals surface area (Å²) in [5, 5.41) is 1.65. The van der Waals surface area contributed by atoms with Crippen LogP contribution < -0.4 is 0 Å². The molecule has 3 aromatic heterocycles. The Balaban J connectivity index is 1.92. The van der Waals surface area contributed by atoms with Gasteiger partial charge < -0.3 is 8.83 Å². The van der Waals surface area contributed by atoms with Gasteiger partial charge in [0.25, 0.3) is 0 Å². The van der Waals surface area contributed by atoms with E-state index in [-0.39, 0.29) is 0 Å². The lowest BCUT2D eigenvalue weighted by atomic mass is 10.0. The van der Waals surface area contributed by atoms with Crippen LogP contribution in [0.4, 0.5) is 0 Å². The van der Waals surface area contributed by atoms with Crippen LogP contribution in [0.3, 0.4) is 0 Å². The zero-order valence-electron chi connectivity index (χ0n) is 13.1. The highest BCUT2D eigenvalue weighted by molar-refractivity contribution is 6.33. The Morgan fingerprint density at radius 2 is 1.72 bits per heavy atom. The molecule has 5 aromatic rings. The number of hydrogen-bond acceptors (Lipinski definition) is 3. The van der Waals surface area contributed by atoms with Crippen molar-refractivity contribution in [1.82, 2.24) is 4.98 Å². The number of nitrogens with zero attached hydrogens (tertiary/aromatic N) is 1. The second-order valence-corrected chi connectivity index (χ2v) is 6.23. The number of pyridine rings is 1. The Morgan fingerprint density at radius 3 is 2.56 bits per heavy atom. The molecule has 0 amide bonds. The fourth-order valence-electron chi connectivity index (χ4n) is 3.12. The van der Waals surface area contributed by atoms with Gasteiger partial charge in [-0.3, -0.25) is 0 Å². The Bertz CT molecular complexity index is 1210. The minimum atomic E-state index is 0.667. The minimum Gasteiger partial charge on any atom is -0.472 e. The molecule has 0 saturated heterocycles. The van der Waals surface area contributed by atoms with E-state index in [1.54, 1.807) is 12.5 Å². The number of rotatable bonds is 2. The Hall–Kier alpha value is -3.04. The first-order valence-electron chi connectivity index (χ1n) is 7.91. The average molecular weight is 346 g/mol. The van der Waals surface area contributed by atoms with E-state index in [1.807, 2.05) is 60.7 Å². The van der Waals surface area contributed by atoms with E-state index in [9.17, 15) is 0 Å². The molecule has 0 unspecified atom stereocenters. The first-order valence-corrected chi connectivity index (χ1v) is 8.29. The molecular weight excluding hydrogens is 334 g/mol. The van der Waals surface area contributed by atoms with Crippen molar-refractivity contribution in [2.24, 2.45) is 0 Å². The minimum absolute atomic E-state index is 0.667. The van der Waals surface area contributed by atoms with Crippen molar-refractivity contribution in [2.75, 3.05) is 0 Å². The number of furan rings is 2. The summed E-state index contributed by atoms with van der Waals surface area (Å²) in [7, 11) is 0. The third-order valence-corrected chi connectivity index (χ3v) is 4.64. The van der Waals surface area contributed by atoms with E-state index in [4.69, 9.17) is 25.4 Å². The van der Waals surface area contributed by atoms with Crippen LogP contribution in [0, 0.1) is 0 Å². The maximum atomic E-state index is 6.40. The summed E-state index contributed by atoms with van der Waals surface area (Å²) in [6.07, 6.45) is 3.36. The Kier molecular flexibility index (Phi) is 3.15. The van der Waals surface area contributed by atoms with Crippen molar-refractivity contribution in [3.05, 3.63) is 78.2 Å². The number of hydrogen-bond donors (Lipinski definition) is 0. The summed E-state index contributed by atoms with van der Waals surface area (Å²) in [6.45, 7) is 0. The van der Waals surface area contributed by atoms with E-state index in [2.05, 4.69) is 0 Å². The largest absolute Gasteiger partial charge is 0.472 e. The topological polar surface area (TPSA) is 39.2 Å². The zero-order valence-corrected chi connectivity index (χ0v) is 13.8. The third kappa shape index (κ3) is 2.24. The van der Waals surface area contributed by atoms with Crippen molar-refractivity contribution < 1.29 is 8.83 Å². The monoisotopic (exact) mass is 345 g/mol. The fraction of sp³-hybridized carbons (Fsp3) is 0. The molecular formula is C21H12ClNO2. The molecule has 0 aliphatic heterocycles. The van der Waals surface area contributed by atoms with Crippen LogP contribution in [0.15, 0.2) is 82.0 Å². The molecule has 0 spiro atoms. The van der Waals surface area contributed by atoms with Crippen LogP contribution in [0.5, 0.6) is 0 Å². The van der Waals surface area contributed by atoms with Crippen molar-refractivity contribution >= 4 is 33.7 Å². The summed E-state index contributed by atoms with van der Waals surface area (Å²) >= 11 is 6.40. The smallest absolute Gasteiger partial charge is 0.161 e. The van der Waals surface area contributed by atoms with Crippen LogP contribution in [0.1, 0.15) is 0 Å². The predicted molar refractivity (Wildman–Crippen MR) is 99.7 cm³/mol. The predicted octanol–water partition coefficient (Wildman–Crippen LogP) is 6.56. The number of fused-ring (bicyclic) bond motifs is 3. The molecule has 3 heterocycles. The van der Waals surface area contributed by atoms with E-state index in [0.717, 1.165) is 44.5 Å². The number of aromatic nitrogens is 1. The summed E-state index contributed by atoms with van der Waals surface area (Å²) < 4.78 is 11.4. The fourth-order valence-corrected chi connectivity index (χ4v) is 3.35. The van der Waals surface area contributed by atoms with Gasteiger partial charge in [0.15, 0.2) is 5.58 Å². The molecule has 0 aliphatic carbocycles. The van der Waals surface area contributed by atoms with Gasteiger partial charge in [-0.2, -0.15) is 0 Å². The summed E-state index contributed by atoms with van der Waals surface area (Å²) in [5.74, 6) is 0. The van der Waals surface area contributed by atoms with Crippen molar-refractivity contribution in [2.45, 2.75) is 0 Å². The first kappa shape index (κ1) is 14.3. The highest BCUT2D eigenvalue weighted by Crippen LogP contribution is 2.38. The summed E-state index contributed by atoms with van der Waals surface area (Å²) in [6, 6.07) is 19.5. The molecule has 0 atom stereocenters. The molecule has 0 radical (unpaired) electrons. The lowest BCUT2D eigenvalue weighted by Crippen LogP contribution is -1.88. The second kappa shape index (κ2) is 5.50. The van der Waals surface area contributed by atoms with Crippen LogP contribution in [-0.4, -0.2) is 4.98 Å². The van der Waals surface area contributed by atoms with Gasteiger partial charge in [0.05, 0.1) is 18.2 Å². The highest BCUT2D eigenvalue weighted by Gasteiger charge is 2.17. The van der Waals surface area contributed by atoms with Gasteiger partial charge >= 0.3 is 0 Å². The third-order valence-electron chi connectivity index (χ3n) is 4.31.